The number of aromatic carboxylic acids is 2. The van der Waals surface area contributed by atoms with E-state index in [1.165, 1.54) is 12.1 Å². The van der Waals surface area contributed by atoms with Crippen molar-refractivity contribution in [3.05, 3.63) is 46.5 Å². The van der Waals surface area contributed by atoms with Crippen molar-refractivity contribution in [2.24, 2.45) is 23.3 Å². The predicted octanol–water partition coefficient (Wildman–Crippen LogP) is -6.36. The summed E-state index contributed by atoms with van der Waals surface area (Å²) in [7, 11) is 0. The predicted molar refractivity (Wildman–Crippen MR) is 193 cm³/mol. The van der Waals surface area contributed by atoms with Gasteiger partial charge in [-0.15, -0.1) is 0 Å². The first-order chi connectivity index (χ1) is 25.2. The molecule has 0 aliphatic carbocycles. The number of nitrogens with zero attached hydrogens (tertiary/aromatic N) is 2. The summed E-state index contributed by atoms with van der Waals surface area (Å²) in [6, 6.07) is 5.21. The van der Waals surface area contributed by atoms with E-state index in [4.69, 9.17) is 30.2 Å². The Hall–Kier alpha value is -2.59. The molecular formula is C34H48B2N4Na2O14. The minimum atomic E-state index is -3.09. The van der Waals surface area contributed by atoms with Crippen LogP contribution in [0.5, 0.6) is 23.0 Å². The van der Waals surface area contributed by atoms with Crippen molar-refractivity contribution in [2.45, 2.75) is 77.5 Å². The number of benzene rings is 2. The molecule has 0 bridgehead atoms. The molecule has 4 aliphatic heterocycles. The standard InChI is InChI=1S/2C17H24BN2O7.2Na/c2*1-9(2)14(19)16(21)20-7-11(8-20)26-12-4-3-10-5-6-18(24,25)27-15(10)13(12)17(22)23;;/h2*3-4,9,11,14,24-25H,5-8,19H2,1-2H3,(H,22,23);;/q2*-1;2*+1. The molecule has 2 amide bonds. The Morgan fingerprint density at radius 3 is 1.27 bits per heavy atom. The Morgan fingerprint density at radius 2 is 0.982 bits per heavy atom. The Bertz CT molecular complexity index is 1660. The number of likely N-dealkylation sites (tertiary alicyclic amines) is 2. The molecule has 4 aliphatic rings. The van der Waals surface area contributed by atoms with Crippen molar-refractivity contribution in [3.63, 3.8) is 0 Å². The largest absolute Gasteiger partial charge is 1.00 e. The zero-order valence-electron chi connectivity index (χ0n) is 32.6. The smallest absolute Gasteiger partial charge is 0.669 e. The number of amides is 2. The van der Waals surface area contributed by atoms with Crippen LogP contribution in [0.4, 0.5) is 0 Å². The van der Waals surface area contributed by atoms with Gasteiger partial charge in [0, 0.05) is 0 Å². The van der Waals surface area contributed by atoms with Crippen LogP contribution in [-0.2, 0) is 22.4 Å². The fourth-order valence-electron chi connectivity index (χ4n) is 6.40. The zero-order valence-corrected chi connectivity index (χ0v) is 36.6. The fraction of sp³-hybridized carbons (Fsp3) is 0.529. The molecule has 0 aromatic heterocycles. The van der Waals surface area contributed by atoms with Crippen molar-refractivity contribution in [3.8, 4) is 23.0 Å². The molecule has 18 nitrogen and oxygen atoms in total. The minimum absolute atomic E-state index is 0. The normalized spacial score (nSPS) is 19.0. The third kappa shape index (κ3) is 10.9. The van der Waals surface area contributed by atoms with E-state index in [0.29, 0.717) is 50.1 Å². The number of carboxylic acids is 2. The number of rotatable bonds is 10. The molecule has 0 spiro atoms. The van der Waals surface area contributed by atoms with E-state index in [1.54, 1.807) is 21.9 Å². The summed E-state index contributed by atoms with van der Waals surface area (Å²) < 4.78 is 21.8. The van der Waals surface area contributed by atoms with Crippen LogP contribution in [0.2, 0.25) is 12.6 Å². The van der Waals surface area contributed by atoms with Crippen LogP contribution in [-0.4, -0.2) is 128 Å². The maximum atomic E-state index is 12.2. The minimum Gasteiger partial charge on any atom is -0.669 e. The number of carbonyl (C=O) groups is 4. The number of carboxylic acid groups (broad SMARTS) is 2. The van der Waals surface area contributed by atoms with E-state index < -0.39 is 37.5 Å². The van der Waals surface area contributed by atoms with Crippen molar-refractivity contribution >= 4 is 37.3 Å². The summed E-state index contributed by atoms with van der Waals surface area (Å²) in [6.45, 7) is 2.53. The molecule has 2 atom stereocenters. The number of hydrogen-bond donors (Lipinski definition) is 8. The molecule has 2 unspecified atom stereocenters. The first-order valence-corrected chi connectivity index (χ1v) is 18.0. The zero-order chi connectivity index (χ0) is 39.9. The third-order valence-corrected chi connectivity index (χ3v) is 9.94. The first kappa shape index (κ1) is 47.8. The second kappa shape index (κ2) is 19.0. The number of carbonyl (C=O) groups excluding carboxylic acids is 2. The number of ether oxygens (including phenoxy) is 2. The van der Waals surface area contributed by atoms with Gasteiger partial charge < -0.3 is 70.4 Å². The van der Waals surface area contributed by atoms with Crippen LogP contribution in [0.3, 0.4) is 0 Å². The van der Waals surface area contributed by atoms with Gasteiger partial charge in [0.05, 0.1) is 49.8 Å². The van der Waals surface area contributed by atoms with E-state index in [9.17, 15) is 49.5 Å². The molecule has 2 saturated heterocycles. The van der Waals surface area contributed by atoms with Crippen molar-refractivity contribution in [1.82, 2.24) is 9.80 Å². The molecule has 56 heavy (non-hydrogen) atoms. The fourth-order valence-corrected chi connectivity index (χ4v) is 6.40. The molecule has 10 N–H and O–H groups in total. The van der Waals surface area contributed by atoms with Crippen molar-refractivity contribution in [2.75, 3.05) is 26.2 Å². The van der Waals surface area contributed by atoms with E-state index in [0.717, 1.165) is 0 Å². The van der Waals surface area contributed by atoms with Crippen LogP contribution in [0, 0.1) is 11.8 Å². The quantitative estimate of drug-likeness (QED) is 0.104. The Kier molecular flexibility index (Phi) is 16.2. The maximum absolute atomic E-state index is 12.2. The molecule has 2 fully saturated rings. The SMILES string of the molecule is CC(C)C(N)C(=O)N1CC(Oc2ccc3c(c2C(=O)O)O[B-](O)(O)CC3)C1.CC(C)C(N)C(=O)N1CC(Oc2ccc3c(c2C(=O)O)O[B-](O)(O)CC3)C1.[Na+].[Na+]. The first-order valence-electron chi connectivity index (χ1n) is 18.0. The second-order valence-corrected chi connectivity index (χ2v) is 15.0. The van der Waals surface area contributed by atoms with Crippen LogP contribution < -0.4 is 89.4 Å². The number of aryl methyl sites for hydroxylation is 2. The summed E-state index contributed by atoms with van der Waals surface area (Å²) in [6.07, 6.45) is -0.147. The Morgan fingerprint density at radius 1 is 0.661 bits per heavy atom. The summed E-state index contributed by atoms with van der Waals surface area (Å²) in [5, 5.41) is 58.2. The van der Waals surface area contributed by atoms with Crippen molar-refractivity contribution in [1.29, 1.82) is 0 Å². The monoisotopic (exact) mass is 804 g/mol. The third-order valence-electron chi connectivity index (χ3n) is 9.94. The van der Waals surface area contributed by atoms with Gasteiger partial charge in [-0.25, -0.2) is 9.59 Å². The maximum Gasteiger partial charge on any atom is 1.00 e. The van der Waals surface area contributed by atoms with Gasteiger partial charge >= 0.3 is 84.6 Å². The van der Waals surface area contributed by atoms with Crippen LogP contribution >= 0.6 is 0 Å². The van der Waals surface area contributed by atoms with Gasteiger partial charge in [-0.1, -0.05) is 52.5 Å². The van der Waals surface area contributed by atoms with E-state index in [1.807, 2.05) is 27.7 Å². The van der Waals surface area contributed by atoms with Gasteiger partial charge in [0.25, 0.3) is 0 Å². The number of fused-ring (bicyclic) bond motifs is 2. The molecule has 296 valence electrons. The summed E-state index contributed by atoms with van der Waals surface area (Å²) in [5.41, 5.74) is 12.4. The molecule has 4 heterocycles. The topological polar surface area (TPSA) is 285 Å². The molecular weight excluding hydrogens is 756 g/mol. The van der Waals surface area contributed by atoms with E-state index in [-0.39, 0.29) is 142 Å². The van der Waals surface area contributed by atoms with Gasteiger partial charge in [0.2, 0.25) is 11.8 Å². The summed E-state index contributed by atoms with van der Waals surface area (Å²) in [4.78, 5) is 51.0. The Labute approximate surface area is 368 Å². The average Bonchev–Trinajstić information content (AvgIpc) is 3.04. The van der Waals surface area contributed by atoms with Crippen LogP contribution in [0.15, 0.2) is 24.3 Å². The summed E-state index contributed by atoms with van der Waals surface area (Å²) in [5.74, 6) is -2.87. The number of nitrogens with two attached hydrogens (primary N) is 2. The van der Waals surface area contributed by atoms with Crippen molar-refractivity contribution < 1.29 is 127 Å². The Balaban J connectivity index is 0.000000290. The van der Waals surface area contributed by atoms with Gasteiger partial charge in [-0.2, -0.15) is 0 Å². The molecule has 2 aromatic carbocycles. The van der Waals surface area contributed by atoms with E-state index >= 15 is 0 Å². The van der Waals surface area contributed by atoms with Gasteiger partial charge in [0.15, 0.2) is 0 Å². The van der Waals surface area contributed by atoms with Gasteiger partial charge in [-0.3, -0.25) is 9.59 Å². The average molecular weight is 804 g/mol. The molecule has 6 rings (SSSR count). The molecule has 2 aromatic rings. The molecule has 0 radical (unpaired) electrons. The molecule has 0 saturated carbocycles. The van der Waals surface area contributed by atoms with Crippen LogP contribution in [0.25, 0.3) is 0 Å². The number of hydrogen-bond acceptors (Lipinski definition) is 14. The van der Waals surface area contributed by atoms with Crippen LogP contribution in [0.1, 0.15) is 59.5 Å². The second-order valence-electron chi connectivity index (χ2n) is 15.0. The molecule has 22 heteroatoms. The summed E-state index contributed by atoms with van der Waals surface area (Å²) >= 11 is 0. The van der Waals surface area contributed by atoms with Gasteiger partial charge in [0.1, 0.15) is 34.8 Å². The van der Waals surface area contributed by atoms with Gasteiger partial charge in [-0.05, 0) is 47.9 Å². The van der Waals surface area contributed by atoms with E-state index in [2.05, 4.69) is 0 Å².